The number of anilines is 1. The van der Waals surface area contributed by atoms with E-state index in [0.717, 1.165) is 13.1 Å². The molecule has 2 rings (SSSR count). The van der Waals surface area contributed by atoms with Gasteiger partial charge in [-0.3, -0.25) is 0 Å². The standard InChI is InChI=1S/C11H14F3N3/c12-11(13,14)8-9-2-1-3-16-10(9)17-6-4-15-5-7-17/h1-3,15H,4-8H2. The Morgan fingerprint density at radius 2 is 2.00 bits per heavy atom. The van der Waals surface area contributed by atoms with Crippen molar-refractivity contribution in [1.82, 2.24) is 10.3 Å². The third-order valence-electron chi connectivity index (χ3n) is 2.67. The Morgan fingerprint density at radius 3 is 2.65 bits per heavy atom. The van der Waals surface area contributed by atoms with Crippen LogP contribution < -0.4 is 10.2 Å². The predicted octanol–water partition coefficient (Wildman–Crippen LogP) is 1.60. The van der Waals surface area contributed by atoms with Gasteiger partial charge < -0.3 is 10.2 Å². The first-order valence-corrected chi connectivity index (χ1v) is 5.52. The average Bonchev–Trinajstić information content (AvgIpc) is 2.29. The second kappa shape index (κ2) is 4.91. The molecule has 1 aromatic rings. The summed E-state index contributed by atoms with van der Waals surface area (Å²) in [5.41, 5.74) is 0.252. The fraction of sp³-hybridized carbons (Fsp3) is 0.545. The van der Waals surface area contributed by atoms with E-state index in [-0.39, 0.29) is 5.56 Å². The van der Waals surface area contributed by atoms with Crippen molar-refractivity contribution < 1.29 is 13.2 Å². The molecule has 0 spiro atoms. The first-order valence-electron chi connectivity index (χ1n) is 5.52. The summed E-state index contributed by atoms with van der Waals surface area (Å²) in [5, 5.41) is 3.16. The maximum Gasteiger partial charge on any atom is 0.393 e. The first-order chi connectivity index (χ1) is 8.06. The fourth-order valence-corrected chi connectivity index (χ4v) is 1.95. The number of halogens is 3. The lowest BCUT2D eigenvalue weighted by molar-refractivity contribution is -0.127. The monoisotopic (exact) mass is 245 g/mol. The third-order valence-corrected chi connectivity index (χ3v) is 2.67. The lowest BCUT2D eigenvalue weighted by Gasteiger charge is -2.30. The summed E-state index contributed by atoms with van der Waals surface area (Å²) in [5.74, 6) is 0.464. The Morgan fingerprint density at radius 1 is 1.29 bits per heavy atom. The number of pyridine rings is 1. The molecule has 1 saturated heterocycles. The summed E-state index contributed by atoms with van der Waals surface area (Å²) in [7, 11) is 0. The highest BCUT2D eigenvalue weighted by Gasteiger charge is 2.30. The van der Waals surface area contributed by atoms with Gasteiger partial charge in [0.05, 0.1) is 6.42 Å². The van der Waals surface area contributed by atoms with Crippen molar-refractivity contribution in [2.75, 3.05) is 31.1 Å². The van der Waals surface area contributed by atoms with Gasteiger partial charge in [-0.25, -0.2) is 4.98 Å². The summed E-state index contributed by atoms with van der Waals surface area (Å²) < 4.78 is 37.3. The van der Waals surface area contributed by atoms with E-state index in [9.17, 15) is 13.2 Å². The van der Waals surface area contributed by atoms with E-state index in [0.29, 0.717) is 18.9 Å². The van der Waals surface area contributed by atoms with Crippen LogP contribution in [0.25, 0.3) is 0 Å². The normalized spacial score (nSPS) is 17.2. The molecule has 0 bridgehead atoms. The highest BCUT2D eigenvalue weighted by molar-refractivity contribution is 5.47. The molecular weight excluding hydrogens is 231 g/mol. The van der Waals surface area contributed by atoms with Crippen LogP contribution in [0.2, 0.25) is 0 Å². The van der Waals surface area contributed by atoms with E-state index < -0.39 is 12.6 Å². The molecule has 6 heteroatoms. The van der Waals surface area contributed by atoms with Gasteiger partial charge in [-0.2, -0.15) is 13.2 Å². The molecule has 0 unspecified atom stereocenters. The van der Waals surface area contributed by atoms with Crippen molar-refractivity contribution >= 4 is 5.82 Å². The van der Waals surface area contributed by atoms with Crippen LogP contribution in [0.3, 0.4) is 0 Å². The molecule has 17 heavy (non-hydrogen) atoms. The van der Waals surface area contributed by atoms with E-state index in [4.69, 9.17) is 0 Å². The van der Waals surface area contributed by atoms with Crippen molar-refractivity contribution in [1.29, 1.82) is 0 Å². The minimum absolute atomic E-state index is 0.252. The van der Waals surface area contributed by atoms with Gasteiger partial charge in [0, 0.05) is 37.9 Å². The van der Waals surface area contributed by atoms with Crippen LogP contribution >= 0.6 is 0 Å². The molecule has 0 saturated carbocycles. The van der Waals surface area contributed by atoms with Crippen molar-refractivity contribution in [2.24, 2.45) is 0 Å². The van der Waals surface area contributed by atoms with Crippen LogP contribution in [0.15, 0.2) is 18.3 Å². The Balaban J connectivity index is 2.20. The molecule has 2 heterocycles. The zero-order valence-electron chi connectivity index (χ0n) is 9.30. The summed E-state index contributed by atoms with van der Waals surface area (Å²) in [6, 6.07) is 3.05. The quantitative estimate of drug-likeness (QED) is 0.857. The smallest absolute Gasteiger partial charge is 0.354 e. The van der Waals surface area contributed by atoms with E-state index in [1.807, 2.05) is 4.90 Å². The van der Waals surface area contributed by atoms with Gasteiger partial charge in [0.2, 0.25) is 0 Å². The third kappa shape index (κ3) is 3.33. The van der Waals surface area contributed by atoms with Gasteiger partial charge in [0.15, 0.2) is 0 Å². The lowest BCUT2D eigenvalue weighted by Crippen LogP contribution is -2.44. The molecule has 1 N–H and O–H groups in total. The Hall–Kier alpha value is -1.30. The van der Waals surface area contributed by atoms with Crippen molar-refractivity contribution in [3.8, 4) is 0 Å². The summed E-state index contributed by atoms with van der Waals surface area (Å²) in [4.78, 5) is 5.99. The molecule has 3 nitrogen and oxygen atoms in total. The summed E-state index contributed by atoms with van der Waals surface area (Å²) in [6.45, 7) is 2.95. The lowest BCUT2D eigenvalue weighted by atomic mass is 10.1. The molecule has 1 aliphatic rings. The highest BCUT2D eigenvalue weighted by atomic mass is 19.4. The van der Waals surface area contributed by atoms with E-state index in [1.165, 1.54) is 12.3 Å². The highest BCUT2D eigenvalue weighted by Crippen LogP contribution is 2.26. The number of aromatic nitrogens is 1. The predicted molar refractivity (Wildman–Crippen MR) is 59.1 cm³/mol. The topological polar surface area (TPSA) is 28.2 Å². The van der Waals surface area contributed by atoms with E-state index >= 15 is 0 Å². The van der Waals surface area contributed by atoms with Gasteiger partial charge >= 0.3 is 6.18 Å². The van der Waals surface area contributed by atoms with Crippen molar-refractivity contribution in [3.63, 3.8) is 0 Å². The zero-order valence-corrected chi connectivity index (χ0v) is 9.30. The molecule has 0 radical (unpaired) electrons. The Bertz CT molecular complexity index is 372. The van der Waals surface area contributed by atoms with Crippen LogP contribution in [0, 0.1) is 0 Å². The number of piperazine rings is 1. The maximum absolute atomic E-state index is 12.4. The van der Waals surface area contributed by atoms with Gasteiger partial charge in [0.1, 0.15) is 5.82 Å². The van der Waals surface area contributed by atoms with Gasteiger partial charge in [-0.1, -0.05) is 6.07 Å². The minimum atomic E-state index is -4.19. The molecule has 1 aliphatic heterocycles. The number of hydrogen-bond donors (Lipinski definition) is 1. The molecule has 1 aromatic heterocycles. The fourth-order valence-electron chi connectivity index (χ4n) is 1.95. The number of nitrogens with zero attached hydrogens (tertiary/aromatic N) is 2. The second-order valence-corrected chi connectivity index (χ2v) is 4.02. The SMILES string of the molecule is FC(F)(F)Cc1cccnc1N1CCNCC1. The first kappa shape index (κ1) is 12.2. The summed E-state index contributed by atoms with van der Waals surface area (Å²) >= 11 is 0. The van der Waals surface area contributed by atoms with E-state index in [2.05, 4.69) is 10.3 Å². The Labute approximate surface area is 97.6 Å². The van der Waals surface area contributed by atoms with Gasteiger partial charge in [-0.05, 0) is 6.07 Å². The van der Waals surface area contributed by atoms with Crippen molar-refractivity contribution in [2.45, 2.75) is 12.6 Å². The van der Waals surface area contributed by atoms with Crippen LogP contribution in [0.1, 0.15) is 5.56 Å². The van der Waals surface area contributed by atoms with Gasteiger partial charge in [-0.15, -0.1) is 0 Å². The molecule has 94 valence electrons. The zero-order chi connectivity index (χ0) is 12.3. The van der Waals surface area contributed by atoms with Crippen LogP contribution in [-0.4, -0.2) is 37.3 Å². The number of nitrogens with one attached hydrogen (secondary N) is 1. The second-order valence-electron chi connectivity index (χ2n) is 4.02. The molecule has 0 aromatic carbocycles. The average molecular weight is 245 g/mol. The number of alkyl halides is 3. The largest absolute Gasteiger partial charge is 0.393 e. The molecule has 0 amide bonds. The summed E-state index contributed by atoms with van der Waals surface area (Å²) in [6.07, 6.45) is -3.57. The number of rotatable bonds is 2. The van der Waals surface area contributed by atoms with E-state index in [1.54, 1.807) is 6.07 Å². The molecule has 1 fully saturated rings. The molecular formula is C11H14F3N3. The maximum atomic E-state index is 12.4. The van der Waals surface area contributed by atoms with Crippen LogP contribution in [0.5, 0.6) is 0 Å². The number of hydrogen-bond acceptors (Lipinski definition) is 3. The molecule has 0 aliphatic carbocycles. The van der Waals surface area contributed by atoms with Crippen molar-refractivity contribution in [3.05, 3.63) is 23.9 Å². The van der Waals surface area contributed by atoms with Crippen LogP contribution in [-0.2, 0) is 6.42 Å². The van der Waals surface area contributed by atoms with Crippen LogP contribution in [0.4, 0.5) is 19.0 Å². The van der Waals surface area contributed by atoms with Gasteiger partial charge in [0.25, 0.3) is 0 Å². The Kier molecular flexibility index (Phi) is 3.51. The molecule has 0 atom stereocenters. The minimum Gasteiger partial charge on any atom is -0.354 e.